The molecule has 0 aliphatic carbocycles. The van der Waals surface area contributed by atoms with Crippen LogP contribution in [0.5, 0.6) is 0 Å². The van der Waals surface area contributed by atoms with Gasteiger partial charge in [0.05, 0.1) is 30.8 Å². The first kappa shape index (κ1) is 31.0. The number of nitriles is 1. The summed E-state index contributed by atoms with van der Waals surface area (Å²) in [6.07, 6.45) is -7.37. The molecule has 2 aliphatic rings. The molecule has 3 rings (SSSR count). The van der Waals surface area contributed by atoms with Crippen molar-refractivity contribution < 1.29 is 55.4 Å². The molecule has 3 atom stereocenters. The van der Waals surface area contributed by atoms with Crippen molar-refractivity contribution in [3.8, 4) is 6.07 Å². The van der Waals surface area contributed by atoms with E-state index in [-0.39, 0.29) is 13.0 Å². The summed E-state index contributed by atoms with van der Waals surface area (Å²) in [5, 5.41) is 11.0. The topological polar surface area (TPSA) is 149 Å². The first-order valence-electron chi connectivity index (χ1n) is 11.8. The molecule has 222 valence electrons. The quantitative estimate of drug-likeness (QED) is 0.370. The fourth-order valence-corrected chi connectivity index (χ4v) is 4.71. The summed E-state index contributed by atoms with van der Waals surface area (Å²) in [5.74, 6) is -11.1. The molecule has 0 unspecified atom stereocenters. The van der Waals surface area contributed by atoms with E-state index in [0.29, 0.717) is 16.2 Å². The average Bonchev–Trinajstić information content (AvgIpc) is 3.42. The van der Waals surface area contributed by atoms with E-state index in [2.05, 4.69) is 4.74 Å². The Balaban J connectivity index is 1.76. The molecule has 1 fully saturated rings. The van der Waals surface area contributed by atoms with Crippen molar-refractivity contribution in [2.75, 3.05) is 38.9 Å². The van der Waals surface area contributed by atoms with Gasteiger partial charge in [-0.1, -0.05) is 18.2 Å². The normalized spacial score (nSPS) is 20.8. The molecule has 0 radical (unpaired) electrons. The van der Waals surface area contributed by atoms with Gasteiger partial charge < -0.3 is 24.6 Å². The number of amides is 4. The van der Waals surface area contributed by atoms with Gasteiger partial charge >= 0.3 is 24.2 Å². The van der Waals surface area contributed by atoms with Crippen molar-refractivity contribution in [1.29, 1.82) is 5.26 Å². The number of alkyl halides is 5. The highest BCUT2D eigenvalue weighted by Gasteiger charge is 2.64. The number of ether oxygens (including phenoxy) is 2. The maximum absolute atomic E-state index is 13.6. The number of carbonyl (C=O) groups excluding carboxylic acids is 5. The Bertz CT molecular complexity index is 1300. The zero-order valence-corrected chi connectivity index (χ0v) is 21.8. The van der Waals surface area contributed by atoms with E-state index in [9.17, 15) is 51.2 Å². The second-order valence-corrected chi connectivity index (χ2v) is 9.39. The SMILES string of the molecule is COC(=O)OCN1C(=O)[C@]2(C[C@@H](C#N)N(C(=O)CN(C)C(=O)[C@H](C)NC(=O)C(F)(F)C(F)(F)F)C2)c2ccccc21. The van der Waals surface area contributed by atoms with Crippen LogP contribution in [-0.4, -0.2) is 97.7 Å². The zero-order chi connectivity index (χ0) is 30.9. The highest BCUT2D eigenvalue weighted by atomic mass is 19.4. The van der Waals surface area contributed by atoms with Crippen LogP contribution in [0.2, 0.25) is 0 Å². The molecule has 12 nitrogen and oxygen atoms in total. The van der Waals surface area contributed by atoms with Crippen LogP contribution in [0.25, 0.3) is 0 Å². The van der Waals surface area contributed by atoms with Gasteiger partial charge in [0.1, 0.15) is 12.1 Å². The van der Waals surface area contributed by atoms with Gasteiger partial charge in [0.2, 0.25) is 17.7 Å². The summed E-state index contributed by atoms with van der Waals surface area (Å²) in [6.45, 7) is -0.714. The number of methoxy groups -OCH3 is 1. The molecule has 0 aromatic heterocycles. The molecular formula is C24H24F5N5O7. The maximum atomic E-state index is 13.6. The van der Waals surface area contributed by atoms with Crippen LogP contribution in [0.4, 0.5) is 32.4 Å². The van der Waals surface area contributed by atoms with Crippen LogP contribution in [0.15, 0.2) is 24.3 Å². The predicted octanol–water partition coefficient (Wildman–Crippen LogP) is 1.30. The van der Waals surface area contributed by atoms with E-state index < -0.39 is 72.7 Å². The highest BCUT2D eigenvalue weighted by Crippen LogP contribution is 2.49. The van der Waals surface area contributed by atoms with Gasteiger partial charge in [-0.25, -0.2) is 4.79 Å². The van der Waals surface area contributed by atoms with Crippen molar-refractivity contribution in [3.63, 3.8) is 0 Å². The number of likely N-dealkylation sites (tertiary alicyclic amines) is 1. The summed E-state index contributed by atoms with van der Waals surface area (Å²) in [4.78, 5) is 65.1. The molecule has 41 heavy (non-hydrogen) atoms. The third-order valence-electron chi connectivity index (χ3n) is 6.78. The first-order chi connectivity index (χ1) is 19.0. The van der Waals surface area contributed by atoms with Gasteiger partial charge in [0.15, 0.2) is 6.73 Å². The lowest BCUT2D eigenvalue weighted by atomic mass is 9.79. The monoisotopic (exact) mass is 589 g/mol. The van der Waals surface area contributed by atoms with Gasteiger partial charge in [-0.3, -0.25) is 24.1 Å². The van der Waals surface area contributed by atoms with Crippen LogP contribution in [0, 0.1) is 11.3 Å². The number of rotatable bonds is 7. The molecule has 1 aromatic carbocycles. The number of carbonyl (C=O) groups is 5. The minimum Gasteiger partial charge on any atom is -0.438 e. The number of halogens is 5. The van der Waals surface area contributed by atoms with Crippen LogP contribution in [0.1, 0.15) is 18.9 Å². The van der Waals surface area contributed by atoms with Gasteiger partial charge in [0, 0.05) is 20.0 Å². The number of anilines is 1. The van der Waals surface area contributed by atoms with Gasteiger partial charge in [-0.05, 0) is 18.6 Å². The van der Waals surface area contributed by atoms with Crippen molar-refractivity contribution in [1.82, 2.24) is 15.1 Å². The number of benzene rings is 1. The van der Waals surface area contributed by atoms with Crippen LogP contribution < -0.4 is 10.2 Å². The van der Waals surface area contributed by atoms with E-state index >= 15 is 0 Å². The molecule has 0 bridgehead atoms. The summed E-state index contributed by atoms with van der Waals surface area (Å²) in [7, 11) is 2.12. The largest absolute Gasteiger partial charge is 0.509 e. The fourth-order valence-electron chi connectivity index (χ4n) is 4.71. The van der Waals surface area contributed by atoms with Crippen molar-refractivity contribution >= 4 is 35.5 Å². The average molecular weight is 589 g/mol. The van der Waals surface area contributed by atoms with Crippen LogP contribution in [0.3, 0.4) is 0 Å². The minimum absolute atomic E-state index is 0.142. The highest BCUT2D eigenvalue weighted by molar-refractivity contribution is 6.09. The van der Waals surface area contributed by atoms with Crippen LogP contribution >= 0.6 is 0 Å². The van der Waals surface area contributed by atoms with Crippen molar-refractivity contribution in [3.05, 3.63) is 29.8 Å². The summed E-state index contributed by atoms with van der Waals surface area (Å²) in [5.41, 5.74) is -0.570. The molecule has 1 saturated heterocycles. The molecule has 2 heterocycles. The lowest BCUT2D eigenvalue weighted by Gasteiger charge is -2.27. The Morgan fingerprint density at radius 1 is 1.22 bits per heavy atom. The number of hydrogen-bond acceptors (Lipinski definition) is 8. The van der Waals surface area contributed by atoms with Gasteiger partial charge in [0.25, 0.3) is 0 Å². The minimum atomic E-state index is -6.18. The Labute approximate surface area is 229 Å². The Kier molecular flexibility index (Phi) is 8.46. The molecule has 1 N–H and O–H groups in total. The maximum Gasteiger partial charge on any atom is 0.509 e. The lowest BCUT2D eigenvalue weighted by Crippen LogP contribution is -2.56. The zero-order valence-electron chi connectivity index (χ0n) is 21.8. The van der Waals surface area contributed by atoms with Crippen molar-refractivity contribution in [2.45, 2.75) is 42.9 Å². The summed E-state index contributed by atoms with van der Waals surface area (Å²) < 4.78 is 73.1. The Morgan fingerprint density at radius 3 is 2.44 bits per heavy atom. The smallest absolute Gasteiger partial charge is 0.438 e. The molecule has 17 heteroatoms. The number of likely N-dealkylation sites (N-methyl/N-ethyl adjacent to an activating group) is 1. The predicted molar refractivity (Wildman–Crippen MR) is 126 cm³/mol. The first-order valence-corrected chi connectivity index (χ1v) is 11.8. The number of fused-ring (bicyclic) bond motifs is 2. The third kappa shape index (κ3) is 5.58. The second-order valence-electron chi connectivity index (χ2n) is 9.39. The lowest BCUT2D eigenvalue weighted by molar-refractivity contribution is -0.270. The third-order valence-corrected chi connectivity index (χ3v) is 6.78. The molecule has 1 spiro atoms. The number of nitrogens with zero attached hydrogens (tertiary/aromatic N) is 4. The number of hydrogen-bond donors (Lipinski definition) is 1. The standard InChI is InChI=1S/C24H24F5N5O7/c1-13(31-19(37)23(25,26)24(27,28)29)18(36)32(2)10-17(35)33-11-22(8-14(33)9-30)15-6-4-5-7-16(15)34(20(22)38)12-41-21(39)40-3/h4-7,13-14H,8,10-12H2,1-3H3,(H,31,37)/t13-,14-,22-/m0/s1. The van der Waals surface area contributed by atoms with E-state index in [1.807, 2.05) is 6.07 Å². The van der Waals surface area contributed by atoms with Crippen molar-refractivity contribution in [2.24, 2.45) is 0 Å². The van der Waals surface area contributed by atoms with E-state index in [0.717, 1.165) is 30.9 Å². The molecule has 1 aromatic rings. The fraction of sp³-hybridized carbons (Fsp3) is 0.500. The summed E-state index contributed by atoms with van der Waals surface area (Å²) >= 11 is 0. The van der Waals surface area contributed by atoms with E-state index in [4.69, 9.17) is 4.74 Å². The molecule has 0 saturated carbocycles. The molecule has 2 aliphatic heterocycles. The Hall–Kier alpha value is -4.49. The molecule has 4 amide bonds. The van der Waals surface area contributed by atoms with Gasteiger partial charge in [-0.15, -0.1) is 0 Å². The summed E-state index contributed by atoms with van der Waals surface area (Å²) in [6, 6.07) is 5.38. The number of nitrogens with one attached hydrogen (secondary N) is 1. The van der Waals surface area contributed by atoms with E-state index in [1.165, 1.54) is 5.32 Å². The van der Waals surface area contributed by atoms with Crippen LogP contribution in [-0.2, 0) is 34.1 Å². The second kappa shape index (κ2) is 11.2. The van der Waals surface area contributed by atoms with E-state index in [1.54, 1.807) is 24.3 Å². The number of para-hydroxylation sites is 1. The molecular weight excluding hydrogens is 565 g/mol. The Morgan fingerprint density at radius 2 is 1.85 bits per heavy atom. The van der Waals surface area contributed by atoms with Gasteiger partial charge in [-0.2, -0.15) is 27.2 Å².